The summed E-state index contributed by atoms with van der Waals surface area (Å²) >= 11 is 0. The third kappa shape index (κ3) is 4.80. The fourth-order valence-electron chi connectivity index (χ4n) is 3.50. The molecular formula is C24H29N7O. The Morgan fingerprint density at radius 2 is 1.97 bits per heavy atom. The van der Waals surface area contributed by atoms with Crippen molar-refractivity contribution in [3.63, 3.8) is 0 Å². The van der Waals surface area contributed by atoms with E-state index in [4.69, 9.17) is 4.98 Å². The van der Waals surface area contributed by atoms with Gasteiger partial charge >= 0.3 is 0 Å². The monoisotopic (exact) mass is 431 g/mol. The summed E-state index contributed by atoms with van der Waals surface area (Å²) < 4.78 is 0. The topological polar surface area (TPSA) is 104 Å². The second-order valence-electron chi connectivity index (χ2n) is 8.77. The Hall–Kier alpha value is -3.68. The predicted octanol–water partition coefficient (Wildman–Crippen LogP) is 4.37. The summed E-state index contributed by atoms with van der Waals surface area (Å²) in [6, 6.07) is 11.9. The van der Waals surface area contributed by atoms with Gasteiger partial charge in [-0.05, 0) is 43.2 Å². The average Bonchev–Trinajstić information content (AvgIpc) is 3.22. The maximum absolute atomic E-state index is 12.6. The number of rotatable bonds is 6. The van der Waals surface area contributed by atoms with Crippen LogP contribution in [0.2, 0.25) is 0 Å². The number of amides is 1. The van der Waals surface area contributed by atoms with E-state index in [0.717, 1.165) is 30.0 Å². The molecule has 3 aromatic rings. The molecule has 1 aliphatic rings. The second kappa shape index (κ2) is 8.82. The maximum atomic E-state index is 12.6. The van der Waals surface area contributed by atoms with Crippen LogP contribution in [0.3, 0.4) is 0 Å². The highest BCUT2D eigenvalue weighted by atomic mass is 16.1. The minimum Gasteiger partial charge on any atom is -0.384 e. The van der Waals surface area contributed by atoms with Crippen LogP contribution < -0.4 is 21.3 Å². The first-order chi connectivity index (χ1) is 15.3. The number of benzene rings is 1. The Morgan fingerprint density at radius 3 is 2.75 bits per heavy atom. The van der Waals surface area contributed by atoms with Gasteiger partial charge in [-0.1, -0.05) is 32.9 Å². The molecule has 32 heavy (non-hydrogen) atoms. The summed E-state index contributed by atoms with van der Waals surface area (Å²) in [5.74, 6) is 1.17. The fraction of sp³-hybridized carbons (Fsp3) is 0.333. The normalized spacial score (nSPS) is 12.6. The van der Waals surface area contributed by atoms with Gasteiger partial charge in [0.05, 0.1) is 0 Å². The summed E-state index contributed by atoms with van der Waals surface area (Å²) in [5.41, 5.74) is 4.50. The standard InChI is InChI=1S/C24H29N7O/c1-5-25-22(32)17-14-27-23(28-16-10-9-15-11-12-26-18(15)13-16)31-21(17)30-20-8-6-7-19(29-20)24(2,3)4/h6-10,13-14,26H,5,11-12H2,1-4H3,(H,25,32)(H2,27,28,29,30,31). The number of fused-ring (bicyclic) bond motifs is 1. The van der Waals surface area contributed by atoms with Gasteiger partial charge in [0.2, 0.25) is 5.95 Å². The molecule has 0 atom stereocenters. The molecule has 0 radical (unpaired) electrons. The molecule has 166 valence electrons. The number of hydrogen-bond donors (Lipinski definition) is 4. The number of aromatic nitrogens is 3. The van der Waals surface area contributed by atoms with Crippen molar-refractivity contribution < 1.29 is 4.79 Å². The largest absolute Gasteiger partial charge is 0.384 e. The minimum absolute atomic E-state index is 0.0971. The molecule has 4 rings (SSSR count). The van der Waals surface area contributed by atoms with Gasteiger partial charge < -0.3 is 21.3 Å². The molecule has 3 heterocycles. The van der Waals surface area contributed by atoms with Crippen LogP contribution in [0.1, 0.15) is 49.3 Å². The van der Waals surface area contributed by atoms with Crippen LogP contribution in [0.25, 0.3) is 0 Å². The maximum Gasteiger partial charge on any atom is 0.256 e. The molecule has 8 nitrogen and oxygen atoms in total. The Balaban J connectivity index is 1.65. The first-order valence-corrected chi connectivity index (χ1v) is 10.9. The molecular weight excluding hydrogens is 402 g/mol. The summed E-state index contributed by atoms with van der Waals surface area (Å²) in [4.78, 5) is 26.3. The van der Waals surface area contributed by atoms with Crippen LogP contribution in [0, 0.1) is 0 Å². The van der Waals surface area contributed by atoms with Gasteiger partial charge in [0.25, 0.3) is 5.91 Å². The van der Waals surface area contributed by atoms with E-state index in [-0.39, 0.29) is 11.3 Å². The predicted molar refractivity (Wildman–Crippen MR) is 128 cm³/mol. The van der Waals surface area contributed by atoms with Crippen LogP contribution in [0.15, 0.2) is 42.6 Å². The molecule has 0 saturated heterocycles. The van der Waals surface area contributed by atoms with Crippen LogP contribution >= 0.6 is 0 Å². The third-order valence-corrected chi connectivity index (χ3v) is 5.21. The number of nitrogens with one attached hydrogen (secondary N) is 4. The van der Waals surface area contributed by atoms with Crippen molar-refractivity contribution in [3.8, 4) is 0 Å². The first-order valence-electron chi connectivity index (χ1n) is 10.9. The van der Waals surface area contributed by atoms with E-state index in [1.165, 1.54) is 11.8 Å². The van der Waals surface area contributed by atoms with Gasteiger partial charge in [0.1, 0.15) is 17.2 Å². The van der Waals surface area contributed by atoms with E-state index in [2.05, 4.69) is 58.1 Å². The number of hydrogen-bond acceptors (Lipinski definition) is 7. The average molecular weight is 432 g/mol. The molecule has 4 N–H and O–H groups in total. The van der Waals surface area contributed by atoms with Crippen molar-refractivity contribution in [1.29, 1.82) is 0 Å². The van der Waals surface area contributed by atoms with Gasteiger partial charge in [-0.3, -0.25) is 4.79 Å². The molecule has 0 aliphatic carbocycles. The van der Waals surface area contributed by atoms with Crippen LogP contribution in [-0.2, 0) is 11.8 Å². The fourth-order valence-corrected chi connectivity index (χ4v) is 3.50. The van der Waals surface area contributed by atoms with Crippen molar-refractivity contribution in [3.05, 3.63) is 59.4 Å². The smallest absolute Gasteiger partial charge is 0.256 e. The van der Waals surface area contributed by atoms with Crippen LogP contribution in [0.5, 0.6) is 0 Å². The van der Waals surface area contributed by atoms with Crippen molar-refractivity contribution in [1.82, 2.24) is 20.3 Å². The SMILES string of the molecule is CCNC(=O)c1cnc(Nc2ccc3c(c2)NCC3)nc1Nc1cccc(C(C)(C)C)n1. The highest BCUT2D eigenvalue weighted by molar-refractivity contribution is 5.99. The first kappa shape index (κ1) is 21.5. The summed E-state index contributed by atoms with van der Waals surface area (Å²) in [6.07, 6.45) is 2.56. The summed E-state index contributed by atoms with van der Waals surface area (Å²) in [6.45, 7) is 9.66. The zero-order valence-electron chi connectivity index (χ0n) is 18.9. The van der Waals surface area contributed by atoms with E-state index in [1.54, 1.807) is 0 Å². The molecule has 0 spiro atoms. The van der Waals surface area contributed by atoms with Gasteiger partial charge in [-0.25, -0.2) is 9.97 Å². The van der Waals surface area contributed by atoms with Crippen LogP contribution in [0.4, 0.5) is 29.0 Å². The number of anilines is 5. The quantitative estimate of drug-likeness (QED) is 0.459. The number of pyridine rings is 1. The van der Waals surface area contributed by atoms with Crippen LogP contribution in [-0.4, -0.2) is 33.9 Å². The minimum atomic E-state index is -0.241. The van der Waals surface area contributed by atoms with Gasteiger partial charge in [-0.15, -0.1) is 0 Å². The molecule has 1 aromatic carbocycles. The van der Waals surface area contributed by atoms with E-state index < -0.39 is 0 Å². The van der Waals surface area contributed by atoms with Crippen molar-refractivity contribution >= 4 is 34.9 Å². The molecule has 0 bridgehead atoms. The van der Waals surface area contributed by atoms with Gasteiger partial charge in [0.15, 0.2) is 0 Å². The van der Waals surface area contributed by atoms with Gasteiger partial charge in [0, 0.05) is 41.8 Å². The molecule has 1 amide bonds. The van der Waals surface area contributed by atoms with Crippen molar-refractivity contribution in [2.45, 2.75) is 39.5 Å². The Labute approximate surface area is 188 Å². The lowest BCUT2D eigenvalue weighted by Gasteiger charge is -2.19. The lowest BCUT2D eigenvalue weighted by atomic mass is 9.92. The zero-order chi connectivity index (χ0) is 22.7. The van der Waals surface area contributed by atoms with Crippen molar-refractivity contribution in [2.75, 3.05) is 29.0 Å². The molecule has 1 aliphatic heterocycles. The lowest BCUT2D eigenvalue weighted by molar-refractivity contribution is 0.0956. The lowest BCUT2D eigenvalue weighted by Crippen LogP contribution is -2.24. The molecule has 0 unspecified atom stereocenters. The Morgan fingerprint density at radius 1 is 1.12 bits per heavy atom. The second-order valence-corrected chi connectivity index (χ2v) is 8.77. The summed E-state index contributed by atoms with van der Waals surface area (Å²) in [5, 5.41) is 12.6. The van der Waals surface area contributed by atoms with E-state index in [9.17, 15) is 4.79 Å². The number of carbonyl (C=O) groups is 1. The highest BCUT2D eigenvalue weighted by Gasteiger charge is 2.18. The zero-order valence-corrected chi connectivity index (χ0v) is 18.9. The number of carbonyl (C=O) groups excluding carboxylic acids is 1. The van der Waals surface area contributed by atoms with Gasteiger partial charge in [-0.2, -0.15) is 4.98 Å². The summed E-state index contributed by atoms with van der Waals surface area (Å²) in [7, 11) is 0. The Bertz CT molecular complexity index is 1140. The van der Waals surface area contributed by atoms with E-state index in [0.29, 0.717) is 29.7 Å². The number of nitrogens with zero attached hydrogens (tertiary/aromatic N) is 3. The van der Waals surface area contributed by atoms with Crippen molar-refractivity contribution in [2.24, 2.45) is 0 Å². The third-order valence-electron chi connectivity index (χ3n) is 5.21. The highest BCUT2D eigenvalue weighted by Crippen LogP contribution is 2.28. The molecule has 0 saturated carbocycles. The van der Waals surface area contributed by atoms with E-state index >= 15 is 0 Å². The molecule has 2 aromatic heterocycles. The molecule has 8 heteroatoms. The molecule has 0 fully saturated rings. The Kier molecular flexibility index (Phi) is 5.94. The van der Waals surface area contributed by atoms with E-state index in [1.807, 2.05) is 37.3 Å².